The highest BCUT2D eigenvalue weighted by atomic mass is 32.1. The molecular weight excluding hydrogens is 315 g/mol. The fraction of sp³-hybridized carbons (Fsp3) is 0.412. The van der Waals surface area contributed by atoms with Crippen LogP contribution in [0.2, 0.25) is 0 Å². The fourth-order valence-corrected chi connectivity index (χ4v) is 3.46. The number of nitrogens with zero attached hydrogens (tertiary/aromatic N) is 2. The van der Waals surface area contributed by atoms with Crippen LogP contribution in [0.25, 0.3) is 11.3 Å². The summed E-state index contributed by atoms with van der Waals surface area (Å²) in [4.78, 5) is 18.5. The molecule has 3 rings (SSSR count). The third-order valence-electron chi connectivity index (χ3n) is 4.27. The molecule has 6 heteroatoms. The van der Waals surface area contributed by atoms with Crippen LogP contribution in [0.3, 0.4) is 0 Å². The van der Waals surface area contributed by atoms with Gasteiger partial charge in [0.05, 0.1) is 18.2 Å². The van der Waals surface area contributed by atoms with E-state index in [1.54, 1.807) is 17.0 Å². The summed E-state index contributed by atoms with van der Waals surface area (Å²) in [5.41, 5.74) is 1.59. The number of hydrogen-bond donors (Lipinski definition) is 1. The minimum atomic E-state index is -0.446. The van der Waals surface area contributed by atoms with Crippen molar-refractivity contribution in [2.45, 2.75) is 25.9 Å². The largest absolute Gasteiger partial charge is 0.391 e. The van der Waals surface area contributed by atoms with Gasteiger partial charge in [0.25, 0.3) is 0 Å². The molecule has 122 valence electrons. The Morgan fingerprint density at radius 2 is 2.17 bits per heavy atom. The minimum Gasteiger partial charge on any atom is -0.391 e. The molecule has 4 nitrogen and oxygen atoms in total. The Bertz CT molecular complexity index is 686. The summed E-state index contributed by atoms with van der Waals surface area (Å²) in [5.74, 6) is -0.0442. The monoisotopic (exact) mass is 334 g/mol. The first kappa shape index (κ1) is 16.1. The maximum atomic E-state index is 13.0. The van der Waals surface area contributed by atoms with E-state index < -0.39 is 6.10 Å². The molecule has 1 aliphatic heterocycles. The SMILES string of the molecule is C[C@@H]1CCN(C(=O)Cc2nc(-c3ccc(F)cc3)cs2)C[C@H]1O. The third kappa shape index (κ3) is 3.76. The predicted octanol–water partition coefficient (Wildman–Crippen LogP) is 2.72. The van der Waals surface area contributed by atoms with Crippen LogP contribution in [0.5, 0.6) is 0 Å². The zero-order valence-electron chi connectivity index (χ0n) is 12.9. The summed E-state index contributed by atoms with van der Waals surface area (Å²) < 4.78 is 13.0. The van der Waals surface area contributed by atoms with Crippen molar-refractivity contribution >= 4 is 17.2 Å². The zero-order chi connectivity index (χ0) is 16.4. The second kappa shape index (κ2) is 6.76. The van der Waals surface area contributed by atoms with Crippen LogP contribution in [0, 0.1) is 11.7 Å². The van der Waals surface area contributed by atoms with Gasteiger partial charge in [0.1, 0.15) is 10.8 Å². The molecule has 1 aromatic heterocycles. The lowest BCUT2D eigenvalue weighted by Crippen LogP contribution is -2.46. The van der Waals surface area contributed by atoms with Crippen LogP contribution in [-0.4, -0.2) is 40.1 Å². The van der Waals surface area contributed by atoms with E-state index in [-0.39, 0.29) is 24.1 Å². The zero-order valence-corrected chi connectivity index (χ0v) is 13.7. The highest BCUT2D eigenvalue weighted by molar-refractivity contribution is 7.10. The van der Waals surface area contributed by atoms with Crippen molar-refractivity contribution in [2.24, 2.45) is 5.92 Å². The van der Waals surface area contributed by atoms with Crippen LogP contribution >= 0.6 is 11.3 Å². The van der Waals surface area contributed by atoms with E-state index in [1.807, 2.05) is 12.3 Å². The van der Waals surface area contributed by atoms with Crippen LogP contribution in [0.1, 0.15) is 18.4 Å². The van der Waals surface area contributed by atoms with Gasteiger partial charge < -0.3 is 10.0 Å². The van der Waals surface area contributed by atoms with Gasteiger partial charge >= 0.3 is 0 Å². The van der Waals surface area contributed by atoms with E-state index >= 15 is 0 Å². The molecular formula is C17H19FN2O2S. The second-order valence-electron chi connectivity index (χ2n) is 5.98. The van der Waals surface area contributed by atoms with Gasteiger partial charge in [0.15, 0.2) is 0 Å². The third-order valence-corrected chi connectivity index (χ3v) is 5.11. The molecule has 0 spiro atoms. The highest BCUT2D eigenvalue weighted by Crippen LogP contribution is 2.23. The lowest BCUT2D eigenvalue weighted by molar-refractivity contribution is -0.134. The number of carbonyl (C=O) groups is 1. The van der Waals surface area contributed by atoms with Gasteiger partial charge in [-0.25, -0.2) is 9.37 Å². The molecule has 2 aromatic rings. The van der Waals surface area contributed by atoms with E-state index in [4.69, 9.17) is 0 Å². The molecule has 0 unspecified atom stereocenters. The van der Waals surface area contributed by atoms with Crippen LogP contribution in [-0.2, 0) is 11.2 Å². The molecule has 1 N–H and O–H groups in total. The van der Waals surface area contributed by atoms with Gasteiger partial charge in [-0.2, -0.15) is 0 Å². The van der Waals surface area contributed by atoms with Crippen molar-refractivity contribution in [3.63, 3.8) is 0 Å². The van der Waals surface area contributed by atoms with Crippen LogP contribution in [0.4, 0.5) is 4.39 Å². The highest BCUT2D eigenvalue weighted by Gasteiger charge is 2.27. The normalized spacial score (nSPS) is 21.4. The maximum Gasteiger partial charge on any atom is 0.229 e. The first-order valence-corrected chi connectivity index (χ1v) is 8.57. The van der Waals surface area contributed by atoms with Crippen molar-refractivity contribution in [2.75, 3.05) is 13.1 Å². The molecule has 2 heterocycles. The molecule has 0 radical (unpaired) electrons. The van der Waals surface area contributed by atoms with Gasteiger partial charge in [0, 0.05) is 24.0 Å². The van der Waals surface area contributed by atoms with E-state index in [1.165, 1.54) is 23.5 Å². The number of rotatable bonds is 3. The average Bonchev–Trinajstić information content (AvgIpc) is 2.99. The number of thiazole rings is 1. The molecule has 0 aliphatic carbocycles. The van der Waals surface area contributed by atoms with Gasteiger partial charge in [0.2, 0.25) is 5.91 Å². The lowest BCUT2D eigenvalue weighted by Gasteiger charge is -2.34. The van der Waals surface area contributed by atoms with Gasteiger partial charge in [-0.3, -0.25) is 4.79 Å². The number of hydrogen-bond acceptors (Lipinski definition) is 4. The van der Waals surface area contributed by atoms with Crippen molar-refractivity contribution in [3.05, 3.63) is 40.5 Å². The number of piperidine rings is 1. The Morgan fingerprint density at radius 3 is 2.87 bits per heavy atom. The van der Waals surface area contributed by atoms with E-state index in [0.717, 1.165) is 22.7 Å². The number of benzene rings is 1. The summed E-state index contributed by atoms with van der Waals surface area (Å²) in [6.07, 6.45) is 0.622. The summed E-state index contributed by atoms with van der Waals surface area (Å²) in [7, 11) is 0. The number of β-amino-alcohol motifs (C(OH)–C–C–N with tert-alkyl or cyclic N) is 1. The summed E-state index contributed by atoms with van der Waals surface area (Å²) in [6.45, 7) is 3.09. The molecule has 0 saturated carbocycles. The van der Waals surface area contributed by atoms with E-state index in [9.17, 15) is 14.3 Å². The number of aliphatic hydroxyl groups is 1. The number of aromatic nitrogens is 1. The van der Waals surface area contributed by atoms with Crippen molar-refractivity contribution in [1.82, 2.24) is 9.88 Å². The number of amides is 1. The molecule has 2 atom stereocenters. The molecule has 1 amide bonds. The first-order valence-electron chi connectivity index (χ1n) is 7.69. The Morgan fingerprint density at radius 1 is 1.43 bits per heavy atom. The standard InChI is InChI=1S/C17H19FN2O2S/c1-11-6-7-20(9-15(11)21)17(22)8-16-19-14(10-23-16)12-2-4-13(18)5-3-12/h2-5,10-11,15,21H,6-9H2,1H3/t11-,15-/m1/s1. The molecule has 1 aromatic carbocycles. The van der Waals surface area contributed by atoms with Crippen LogP contribution in [0.15, 0.2) is 29.6 Å². The maximum absolute atomic E-state index is 13.0. The second-order valence-corrected chi connectivity index (χ2v) is 6.93. The molecule has 1 saturated heterocycles. The smallest absolute Gasteiger partial charge is 0.229 e. The minimum absolute atomic E-state index is 0.00374. The quantitative estimate of drug-likeness (QED) is 0.939. The van der Waals surface area contributed by atoms with Crippen molar-refractivity contribution in [1.29, 1.82) is 0 Å². The van der Waals surface area contributed by atoms with Crippen molar-refractivity contribution in [3.8, 4) is 11.3 Å². The topological polar surface area (TPSA) is 53.4 Å². The molecule has 1 aliphatic rings. The van der Waals surface area contributed by atoms with E-state index in [2.05, 4.69) is 4.98 Å². The Hall–Kier alpha value is -1.79. The van der Waals surface area contributed by atoms with Gasteiger partial charge in [-0.15, -0.1) is 11.3 Å². The number of halogens is 1. The fourth-order valence-electron chi connectivity index (χ4n) is 2.66. The molecule has 0 bridgehead atoms. The van der Waals surface area contributed by atoms with Gasteiger partial charge in [-0.05, 0) is 36.6 Å². The Balaban J connectivity index is 1.65. The average molecular weight is 334 g/mol. The molecule has 1 fully saturated rings. The predicted molar refractivity (Wildman–Crippen MR) is 87.6 cm³/mol. The number of aliphatic hydroxyl groups excluding tert-OH is 1. The summed E-state index contributed by atoms with van der Waals surface area (Å²) >= 11 is 1.43. The van der Waals surface area contributed by atoms with Crippen LogP contribution < -0.4 is 0 Å². The van der Waals surface area contributed by atoms with Crippen molar-refractivity contribution < 1.29 is 14.3 Å². The Labute approximate surface area is 138 Å². The Kier molecular flexibility index (Phi) is 4.73. The summed E-state index contributed by atoms with van der Waals surface area (Å²) in [6, 6.07) is 6.16. The number of likely N-dealkylation sites (tertiary alicyclic amines) is 1. The lowest BCUT2D eigenvalue weighted by atomic mass is 9.96. The summed E-state index contributed by atoms with van der Waals surface area (Å²) in [5, 5.41) is 12.5. The number of carbonyl (C=O) groups excluding carboxylic acids is 1. The molecule has 23 heavy (non-hydrogen) atoms. The van der Waals surface area contributed by atoms with Gasteiger partial charge in [-0.1, -0.05) is 6.92 Å². The van der Waals surface area contributed by atoms with E-state index in [0.29, 0.717) is 13.1 Å². The first-order chi connectivity index (χ1) is 11.0.